The summed E-state index contributed by atoms with van der Waals surface area (Å²) in [5.41, 5.74) is 0. The Kier molecular flexibility index (Phi) is 6.48. The largest absolute Gasteiger partial charge is 0.465 e. The Morgan fingerprint density at radius 2 is 2.00 bits per heavy atom. The lowest BCUT2D eigenvalue weighted by Crippen LogP contribution is -2.39. The highest BCUT2D eigenvalue weighted by Gasteiger charge is 2.20. The van der Waals surface area contributed by atoms with Crippen molar-refractivity contribution in [3.05, 3.63) is 12.7 Å². The van der Waals surface area contributed by atoms with Gasteiger partial charge in [0.2, 0.25) is 5.91 Å². The summed E-state index contributed by atoms with van der Waals surface area (Å²) in [6, 6.07) is 0. The lowest BCUT2D eigenvalue weighted by atomic mass is 10.4. The molecule has 0 bridgehead atoms. The average molecular weight is 263 g/mol. The van der Waals surface area contributed by atoms with E-state index in [2.05, 4.69) is 11.3 Å². The third-order valence-corrected chi connectivity index (χ3v) is 2.48. The van der Waals surface area contributed by atoms with E-state index in [1.807, 2.05) is 0 Å². The molecular weight excluding hydrogens is 246 g/mol. The molecule has 17 heavy (non-hydrogen) atoms. The van der Waals surface area contributed by atoms with Gasteiger partial charge >= 0.3 is 5.97 Å². The Labute approximate surface area is 101 Å². The summed E-state index contributed by atoms with van der Waals surface area (Å²) >= 11 is 0. The van der Waals surface area contributed by atoms with E-state index in [0.717, 1.165) is 11.2 Å². The van der Waals surface area contributed by atoms with Gasteiger partial charge in [-0.2, -0.15) is 0 Å². The van der Waals surface area contributed by atoms with Crippen LogP contribution in [0.3, 0.4) is 0 Å². The van der Waals surface area contributed by atoms with Crippen molar-refractivity contribution in [2.45, 2.75) is 6.92 Å². The first kappa shape index (κ1) is 15.6. The summed E-state index contributed by atoms with van der Waals surface area (Å²) < 4.78 is 26.6. The van der Waals surface area contributed by atoms with E-state index in [1.165, 1.54) is 6.08 Å². The van der Waals surface area contributed by atoms with Crippen LogP contribution >= 0.6 is 0 Å². The molecule has 0 N–H and O–H groups in total. The molecule has 0 saturated heterocycles. The van der Waals surface area contributed by atoms with Crippen molar-refractivity contribution in [1.82, 2.24) is 4.90 Å². The molecule has 0 heterocycles. The molecule has 98 valence electrons. The van der Waals surface area contributed by atoms with Gasteiger partial charge in [-0.1, -0.05) is 6.08 Å². The molecule has 7 heteroatoms. The summed E-state index contributed by atoms with van der Waals surface area (Å²) in [7, 11) is -3.41. The molecule has 0 aromatic rings. The fourth-order valence-corrected chi connectivity index (χ4v) is 1.72. The maximum Gasteiger partial charge on any atom is 0.325 e. The van der Waals surface area contributed by atoms with Crippen molar-refractivity contribution in [2.24, 2.45) is 0 Å². The van der Waals surface area contributed by atoms with Crippen LogP contribution in [0.4, 0.5) is 0 Å². The lowest BCUT2D eigenvalue weighted by molar-refractivity contribution is -0.147. The number of amides is 1. The number of sulfone groups is 1. The van der Waals surface area contributed by atoms with E-state index in [4.69, 9.17) is 0 Å². The molecule has 0 atom stereocenters. The van der Waals surface area contributed by atoms with Crippen LogP contribution in [0.5, 0.6) is 0 Å². The molecule has 0 radical (unpaired) electrons. The van der Waals surface area contributed by atoms with Crippen LogP contribution in [0.25, 0.3) is 0 Å². The zero-order chi connectivity index (χ0) is 13.5. The van der Waals surface area contributed by atoms with Gasteiger partial charge in [-0.25, -0.2) is 8.42 Å². The van der Waals surface area contributed by atoms with Crippen LogP contribution in [0.1, 0.15) is 6.92 Å². The predicted octanol–water partition coefficient (Wildman–Crippen LogP) is -0.391. The number of carbonyl (C=O) groups excluding carboxylic acids is 2. The van der Waals surface area contributed by atoms with Gasteiger partial charge in [0.25, 0.3) is 0 Å². The number of carbonyl (C=O) groups is 2. The molecule has 0 aliphatic heterocycles. The van der Waals surface area contributed by atoms with Crippen LogP contribution in [-0.2, 0) is 24.2 Å². The van der Waals surface area contributed by atoms with Gasteiger partial charge in [0.1, 0.15) is 12.3 Å². The lowest BCUT2D eigenvalue weighted by Gasteiger charge is -2.19. The maximum absolute atomic E-state index is 11.6. The number of hydrogen-bond acceptors (Lipinski definition) is 5. The Bertz CT molecular complexity index is 388. The summed E-state index contributed by atoms with van der Waals surface area (Å²) in [5.74, 6) is -1.84. The van der Waals surface area contributed by atoms with Crippen LogP contribution in [-0.4, -0.2) is 56.9 Å². The highest BCUT2D eigenvalue weighted by atomic mass is 32.2. The Hall–Kier alpha value is -1.37. The molecule has 0 spiro atoms. The second-order valence-corrected chi connectivity index (χ2v) is 5.58. The van der Waals surface area contributed by atoms with Crippen LogP contribution in [0.15, 0.2) is 12.7 Å². The Morgan fingerprint density at radius 1 is 1.41 bits per heavy atom. The SMILES string of the molecule is C=CCN(CC(=O)OCC)C(=O)CS(C)(=O)=O. The summed E-state index contributed by atoms with van der Waals surface area (Å²) in [6.45, 7) is 5.13. The second kappa shape index (κ2) is 7.05. The molecule has 6 nitrogen and oxygen atoms in total. The summed E-state index contributed by atoms with van der Waals surface area (Å²) in [4.78, 5) is 23.9. The van der Waals surface area contributed by atoms with Crippen LogP contribution in [0.2, 0.25) is 0 Å². The monoisotopic (exact) mass is 263 g/mol. The molecule has 1 amide bonds. The van der Waals surface area contributed by atoms with E-state index in [9.17, 15) is 18.0 Å². The third-order valence-electron chi connectivity index (χ3n) is 1.71. The van der Waals surface area contributed by atoms with Gasteiger partial charge in [0.15, 0.2) is 9.84 Å². The first-order valence-corrected chi connectivity index (χ1v) is 7.08. The van der Waals surface area contributed by atoms with Crippen molar-refractivity contribution in [3.63, 3.8) is 0 Å². The Morgan fingerprint density at radius 3 is 2.41 bits per heavy atom. The van der Waals surface area contributed by atoms with Gasteiger partial charge in [-0.05, 0) is 6.92 Å². The van der Waals surface area contributed by atoms with Gasteiger partial charge in [0, 0.05) is 12.8 Å². The zero-order valence-electron chi connectivity index (χ0n) is 10.0. The average Bonchev–Trinajstić information content (AvgIpc) is 2.14. The first-order chi connectivity index (χ1) is 7.80. The molecule has 0 fully saturated rings. The minimum absolute atomic E-state index is 0.104. The van der Waals surface area contributed by atoms with E-state index in [0.29, 0.717) is 0 Å². The van der Waals surface area contributed by atoms with E-state index in [1.54, 1.807) is 6.92 Å². The number of esters is 1. The second-order valence-electron chi connectivity index (χ2n) is 3.44. The fourth-order valence-electron chi connectivity index (χ4n) is 1.09. The van der Waals surface area contributed by atoms with Crippen molar-refractivity contribution < 1.29 is 22.7 Å². The molecule has 0 rings (SSSR count). The number of rotatable bonds is 7. The minimum atomic E-state index is -3.41. The van der Waals surface area contributed by atoms with Crippen molar-refractivity contribution in [1.29, 1.82) is 0 Å². The highest BCUT2D eigenvalue weighted by molar-refractivity contribution is 7.91. The molecular formula is C10H17NO5S. The number of nitrogens with zero attached hydrogens (tertiary/aromatic N) is 1. The van der Waals surface area contributed by atoms with Gasteiger partial charge < -0.3 is 9.64 Å². The predicted molar refractivity (Wildman–Crippen MR) is 63.1 cm³/mol. The Balaban J connectivity index is 4.56. The van der Waals surface area contributed by atoms with Gasteiger partial charge in [-0.3, -0.25) is 9.59 Å². The van der Waals surface area contributed by atoms with Gasteiger partial charge in [0.05, 0.1) is 6.61 Å². The van der Waals surface area contributed by atoms with E-state index >= 15 is 0 Å². The molecule has 0 unspecified atom stereocenters. The number of hydrogen-bond donors (Lipinski definition) is 0. The van der Waals surface area contributed by atoms with Crippen LogP contribution < -0.4 is 0 Å². The standard InChI is InChI=1S/C10H17NO5S/c1-4-6-11(7-10(13)16-5-2)9(12)8-17(3,14)15/h4H,1,5-8H2,2-3H3. The highest BCUT2D eigenvalue weighted by Crippen LogP contribution is 1.96. The topological polar surface area (TPSA) is 80.8 Å². The molecule has 0 aromatic carbocycles. The number of ether oxygens (including phenoxy) is 1. The van der Waals surface area contributed by atoms with Gasteiger partial charge in [-0.15, -0.1) is 6.58 Å². The third kappa shape index (κ3) is 7.51. The van der Waals surface area contributed by atoms with Crippen LogP contribution in [0, 0.1) is 0 Å². The normalized spacial score (nSPS) is 10.7. The van der Waals surface area contributed by atoms with Crippen molar-refractivity contribution >= 4 is 21.7 Å². The van der Waals surface area contributed by atoms with Crippen molar-refractivity contribution in [3.8, 4) is 0 Å². The maximum atomic E-state index is 11.6. The molecule has 0 aliphatic carbocycles. The van der Waals surface area contributed by atoms with E-state index in [-0.39, 0.29) is 19.7 Å². The van der Waals surface area contributed by atoms with E-state index < -0.39 is 27.5 Å². The molecule has 0 saturated carbocycles. The first-order valence-electron chi connectivity index (χ1n) is 5.02. The smallest absolute Gasteiger partial charge is 0.325 e. The summed E-state index contributed by atoms with van der Waals surface area (Å²) in [5, 5.41) is 0. The quantitative estimate of drug-likeness (QED) is 0.461. The fraction of sp³-hybridized carbons (Fsp3) is 0.600. The molecule has 0 aliphatic rings. The minimum Gasteiger partial charge on any atom is -0.465 e. The zero-order valence-corrected chi connectivity index (χ0v) is 10.8. The summed E-state index contributed by atoms with van der Waals surface area (Å²) in [6.07, 6.45) is 2.38. The molecule has 0 aromatic heterocycles. The van der Waals surface area contributed by atoms with Crippen molar-refractivity contribution in [2.75, 3.05) is 31.7 Å².